The Labute approximate surface area is 126 Å². The van der Waals surface area contributed by atoms with Crippen LogP contribution in [0.25, 0.3) is 0 Å². The molecule has 0 spiro atoms. The smallest absolute Gasteiger partial charge is 0.246 e. The van der Waals surface area contributed by atoms with Crippen LogP contribution in [0.3, 0.4) is 0 Å². The van der Waals surface area contributed by atoms with E-state index in [1.807, 2.05) is 6.92 Å². The number of sulfonamides is 1. The van der Waals surface area contributed by atoms with E-state index in [0.29, 0.717) is 28.6 Å². The van der Waals surface area contributed by atoms with Crippen molar-refractivity contribution in [3.8, 4) is 0 Å². The summed E-state index contributed by atoms with van der Waals surface area (Å²) in [7, 11) is -1.82. The predicted octanol–water partition coefficient (Wildman–Crippen LogP) is 2.01. The van der Waals surface area contributed by atoms with Crippen LogP contribution in [0.4, 0.5) is 5.82 Å². The molecule has 1 fully saturated rings. The molecule has 2 heterocycles. The summed E-state index contributed by atoms with van der Waals surface area (Å²) in [4.78, 5) is 4.33. The molecule has 0 radical (unpaired) electrons. The zero-order valence-corrected chi connectivity index (χ0v) is 14.0. The highest BCUT2D eigenvalue weighted by Gasteiger charge is 2.31. The summed E-state index contributed by atoms with van der Waals surface area (Å²) in [6.07, 6.45) is 1.58. The maximum atomic E-state index is 12.7. The van der Waals surface area contributed by atoms with Crippen LogP contribution in [-0.2, 0) is 10.0 Å². The molecule has 1 aliphatic rings. The topological polar surface area (TPSA) is 62.3 Å². The molecule has 8 heteroatoms. The Morgan fingerprint density at radius 3 is 2.95 bits per heavy atom. The molecule has 106 valence electrons. The van der Waals surface area contributed by atoms with Gasteiger partial charge in [0.1, 0.15) is 10.7 Å². The minimum atomic E-state index is -3.50. The number of pyridine rings is 1. The van der Waals surface area contributed by atoms with Crippen molar-refractivity contribution in [2.45, 2.75) is 17.1 Å². The van der Waals surface area contributed by atoms with Crippen LogP contribution in [0.2, 0.25) is 0 Å². The van der Waals surface area contributed by atoms with Crippen LogP contribution >= 0.6 is 27.7 Å². The number of nitrogens with zero attached hydrogens (tertiary/aromatic N) is 2. The van der Waals surface area contributed by atoms with E-state index in [2.05, 4.69) is 26.2 Å². The second kappa shape index (κ2) is 5.99. The second-order valence-electron chi connectivity index (χ2n) is 4.29. The Morgan fingerprint density at radius 2 is 2.32 bits per heavy atom. The summed E-state index contributed by atoms with van der Waals surface area (Å²) in [5, 5.41) is 3.16. The number of nitrogens with one attached hydrogen (secondary N) is 1. The van der Waals surface area contributed by atoms with Crippen LogP contribution < -0.4 is 5.32 Å². The Kier molecular flexibility index (Phi) is 4.75. The van der Waals surface area contributed by atoms with E-state index in [-0.39, 0.29) is 4.90 Å². The second-order valence-corrected chi connectivity index (χ2v) is 8.66. The fraction of sp³-hybridized carbons (Fsp3) is 0.545. The number of aromatic nitrogens is 1. The fourth-order valence-corrected chi connectivity index (χ4v) is 5.36. The third-order valence-corrected chi connectivity index (χ3v) is 6.33. The molecule has 19 heavy (non-hydrogen) atoms. The van der Waals surface area contributed by atoms with E-state index in [9.17, 15) is 8.42 Å². The Bertz CT molecular complexity index is 565. The van der Waals surface area contributed by atoms with Crippen LogP contribution in [0.1, 0.15) is 6.92 Å². The quantitative estimate of drug-likeness (QED) is 0.887. The largest absolute Gasteiger partial charge is 0.372 e. The summed E-state index contributed by atoms with van der Waals surface area (Å²) in [6.45, 7) is 3.14. The van der Waals surface area contributed by atoms with Gasteiger partial charge in [-0.05, 0) is 22.0 Å². The lowest BCUT2D eigenvalue weighted by Crippen LogP contribution is -2.41. The molecule has 1 unspecified atom stereocenters. The zero-order valence-electron chi connectivity index (χ0n) is 10.8. The molecule has 0 amide bonds. The van der Waals surface area contributed by atoms with Gasteiger partial charge in [-0.15, -0.1) is 0 Å². The van der Waals surface area contributed by atoms with Gasteiger partial charge in [-0.25, -0.2) is 13.4 Å². The van der Waals surface area contributed by atoms with Gasteiger partial charge in [0, 0.05) is 41.8 Å². The first kappa shape index (κ1) is 15.1. The highest BCUT2D eigenvalue weighted by molar-refractivity contribution is 9.10. The molecular weight excluding hydrogens is 350 g/mol. The van der Waals surface area contributed by atoms with E-state index < -0.39 is 10.0 Å². The minimum Gasteiger partial charge on any atom is -0.372 e. The lowest BCUT2D eigenvalue weighted by molar-refractivity contribution is 0.424. The van der Waals surface area contributed by atoms with Gasteiger partial charge in [-0.2, -0.15) is 16.1 Å². The SMILES string of the molecule is CNc1ncc(Br)cc1S(=O)(=O)N1CCSC(C)C1. The van der Waals surface area contributed by atoms with Gasteiger partial charge in [0.25, 0.3) is 0 Å². The van der Waals surface area contributed by atoms with Crippen molar-refractivity contribution in [1.82, 2.24) is 9.29 Å². The van der Waals surface area contributed by atoms with Crippen molar-refractivity contribution in [3.05, 3.63) is 16.7 Å². The number of thioether (sulfide) groups is 1. The molecule has 5 nitrogen and oxygen atoms in total. The molecule has 1 aromatic heterocycles. The molecule has 1 aliphatic heterocycles. The fourth-order valence-electron chi connectivity index (χ4n) is 1.95. The standard InChI is InChI=1S/C11H16BrN3O2S2/c1-8-7-15(3-4-18-8)19(16,17)10-5-9(12)6-14-11(10)13-2/h5-6,8H,3-4,7H2,1-2H3,(H,13,14). The van der Waals surface area contributed by atoms with Gasteiger partial charge in [0.2, 0.25) is 10.0 Å². The third kappa shape index (κ3) is 3.24. The van der Waals surface area contributed by atoms with Crippen LogP contribution in [0.15, 0.2) is 21.6 Å². The minimum absolute atomic E-state index is 0.225. The maximum Gasteiger partial charge on any atom is 0.246 e. The number of rotatable bonds is 3. The molecule has 1 saturated heterocycles. The zero-order chi connectivity index (χ0) is 14.0. The van der Waals surface area contributed by atoms with E-state index in [4.69, 9.17) is 0 Å². The molecule has 1 aromatic rings. The van der Waals surface area contributed by atoms with Crippen molar-refractivity contribution in [1.29, 1.82) is 0 Å². The van der Waals surface area contributed by atoms with E-state index in [0.717, 1.165) is 5.75 Å². The van der Waals surface area contributed by atoms with Gasteiger partial charge in [0.15, 0.2) is 0 Å². The molecule has 0 aliphatic carbocycles. The van der Waals surface area contributed by atoms with Gasteiger partial charge in [-0.3, -0.25) is 0 Å². The number of hydrogen-bond acceptors (Lipinski definition) is 5. The van der Waals surface area contributed by atoms with E-state index >= 15 is 0 Å². The highest BCUT2D eigenvalue weighted by Crippen LogP contribution is 2.29. The molecule has 0 saturated carbocycles. The van der Waals surface area contributed by atoms with Crippen molar-refractivity contribution in [2.24, 2.45) is 0 Å². The average molecular weight is 366 g/mol. The highest BCUT2D eigenvalue weighted by atomic mass is 79.9. The van der Waals surface area contributed by atoms with Gasteiger partial charge in [-0.1, -0.05) is 6.92 Å². The maximum absolute atomic E-state index is 12.7. The molecule has 0 aromatic carbocycles. The van der Waals surface area contributed by atoms with Gasteiger partial charge in [0.05, 0.1) is 0 Å². The van der Waals surface area contributed by atoms with E-state index in [1.54, 1.807) is 35.4 Å². The predicted molar refractivity (Wildman–Crippen MR) is 82.2 cm³/mol. The van der Waals surface area contributed by atoms with Crippen molar-refractivity contribution in [3.63, 3.8) is 0 Å². The van der Waals surface area contributed by atoms with Crippen molar-refractivity contribution in [2.75, 3.05) is 31.2 Å². The van der Waals surface area contributed by atoms with Gasteiger partial charge < -0.3 is 5.32 Å². The van der Waals surface area contributed by atoms with E-state index in [1.165, 1.54) is 0 Å². The summed E-state index contributed by atoms with van der Waals surface area (Å²) in [5.41, 5.74) is 0. The summed E-state index contributed by atoms with van der Waals surface area (Å²) in [5.74, 6) is 1.21. The lowest BCUT2D eigenvalue weighted by Gasteiger charge is -2.30. The molecule has 0 bridgehead atoms. The lowest BCUT2D eigenvalue weighted by atomic mass is 10.4. The number of hydrogen-bond donors (Lipinski definition) is 1. The van der Waals surface area contributed by atoms with Crippen LogP contribution in [0.5, 0.6) is 0 Å². The van der Waals surface area contributed by atoms with Crippen LogP contribution in [-0.4, -0.2) is 48.8 Å². The number of halogens is 1. The summed E-state index contributed by atoms with van der Waals surface area (Å²) in [6, 6.07) is 1.60. The first-order valence-electron chi connectivity index (χ1n) is 5.90. The molecule has 1 atom stereocenters. The molecular formula is C11H16BrN3O2S2. The van der Waals surface area contributed by atoms with Crippen molar-refractivity contribution < 1.29 is 8.42 Å². The Balaban J connectivity index is 2.41. The molecule has 2 rings (SSSR count). The Morgan fingerprint density at radius 1 is 1.58 bits per heavy atom. The van der Waals surface area contributed by atoms with Crippen LogP contribution in [0, 0.1) is 0 Å². The normalized spacial score (nSPS) is 21.3. The third-order valence-electron chi connectivity index (χ3n) is 2.88. The monoisotopic (exact) mass is 365 g/mol. The first-order valence-corrected chi connectivity index (χ1v) is 9.18. The number of anilines is 1. The molecule has 1 N–H and O–H groups in total. The van der Waals surface area contributed by atoms with Crippen molar-refractivity contribution >= 4 is 43.5 Å². The van der Waals surface area contributed by atoms with Gasteiger partial charge >= 0.3 is 0 Å². The average Bonchev–Trinajstić information content (AvgIpc) is 2.38. The first-order chi connectivity index (χ1) is 8.95. The summed E-state index contributed by atoms with van der Waals surface area (Å²) < 4.78 is 27.6. The Hall–Kier alpha value is -0.310. The summed E-state index contributed by atoms with van der Waals surface area (Å²) >= 11 is 5.08.